The Morgan fingerprint density at radius 3 is 2.76 bits per heavy atom. The molecule has 0 saturated carbocycles. The summed E-state index contributed by atoms with van der Waals surface area (Å²) < 4.78 is 5.26. The highest BCUT2D eigenvalue weighted by molar-refractivity contribution is 6.32. The lowest BCUT2D eigenvalue weighted by Gasteiger charge is -2.24. The van der Waals surface area contributed by atoms with Gasteiger partial charge in [0.1, 0.15) is 13.5 Å². The molecule has 1 N–H and O–H groups in total. The van der Waals surface area contributed by atoms with Crippen molar-refractivity contribution in [2.75, 3.05) is 18.5 Å². The molecule has 6 heteroatoms. The lowest BCUT2D eigenvalue weighted by atomic mass is 9.95. The van der Waals surface area contributed by atoms with Crippen molar-refractivity contribution in [3.63, 3.8) is 0 Å². The predicted molar refractivity (Wildman–Crippen MR) is 68.7 cm³/mol. The fourth-order valence-corrected chi connectivity index (χ4v) is 1.99. The Morgan fingerprint density at radius 2 is 2.12 bits per heavy atom. The summed E-state index contributed by atoms with van der Waals surface area (Å²) in [5.41, 5.74) is 1.77. The molecule has 1 heterocycles. The third-order valence-corrected chi connectivity index (χ3v) is 2.93. The minimum atomic E-state index is -0.346. The number of hydrogen-bond acceptors (Lipinski definition) is 4. The molecule has 1 fully saturated rings. The van der Waals surface area contributed by atoms with Gasteiger partial charge in [-0.2, -0.15) is 0 Å². The lowest BCUT2D eigenvalue weighted by molar-refractivity contribution is -0.384. The van der Waals surface area contributed by atoms with Crippen LogP contribution in [0, 0.1) is 10.1 Å². The minimum absolute atomic E-state index is 0.141. The standard InChI is InChI=1S/C11H15BN2O3/c12-8-1-2-11(14(15)16)10(7-8)13-9-3-5-17-6-4-9/h1-2,7,9,13H,3-6,12H2. The van der Waals surface area contributed by atoms with Crippen molar-refractivity contribution in [3.05, 3.63) is 28.3 Å². The quantitative estimate of drug-likeness (QED) is 0.468. The molecule has 0 unspecified atom stereocenters. The number of nitro groups is 1. The summed E-state index contributed by atoms with van der Waals surface area (Å²) in [6.07, 6.45) is 1.79. The Morgan fingerprint density at radius 1 is 1.41 bits per heavy atom. The Kier molecular flexibility index (Phi) is 3.63. The maximum atomic E-state index is 10.9. The summed E-state index contributed by atoms with van der Waals surface area (Å²) in [7, 11) is 1.93. The predicted octanol–water partition coefficient (Wildman–Crippen LogP) is 0.444. The average Bonchev–Trinajstić information content (AvgIpc) is 2.30. The second kappa shape index (κ2) is 5.18. The zero-order valence-corrected chi connectivity index (χ0v) is 9.81. The molecule has 1 aromatic carbocycles. The van der Waals surface area contributed by atoms with Crippen LogP contribution >= 0.6 is 0 Å². The fraction of sp³-hybridized carbons (Fsp3) is 0.455. The van der Waals surface area contributed by atoms with E-state index in [0.717, 1.165) is 31.5 Å². The van der Waals surface area contributed by atoms with Crippen LogP contribution in [0.3, 0.4) is 0 Å². The van der Waals surface area contributed by atoms with E-state index in [1.807, 2.05) is 13.9 Å². The molecule has 0 aliphatic carbocycles. The highest BCUT2D eigenvalue weighted by atomic mass is 16.6. The number of nitrogens with one attached hydrogen (secondary N) is 1. The third kappa shape index (κ3) is 2.97. The number of ether oxygens (including phenoxy) is 1. The first kappa shape index (κ1) is 11.9. The maximum Gasteiger partial charge on any atom is 0.292 e. The van der Waals surface area contributed by atoms with Crippen LogP contribution in [0.15, 0.2) is 18.2 Å². The van der Waals surface area contributed by atoms with Gasteiger partial charge in [-0.05, 0) is 18.9 Å². The Bertz CT molecular complexity index is 419. The van der Waals surface area contributed by atoms with E-state index in [9.17, 15) is 10.1 Å². The van der Waals surface area contributed by atoms with Crippen LogP contribution in [0.1, 0.15) is 12.8 Å². The molecule has 5 nitrogen and oxygen atoms in total. The van der Waals surface area contributed by atoms with Crippen LogP contribution in [0.5, 0.6) is 0 Å². The van der Waals surface area contributed by atoms with Gasteiger partial charge in [-0.15, -0.1) is 0 Å². The molecule has 17 heavy (non-hydrogen) atoms. The summed E-state index contributed by atoms with van der Waals surface area (Å²) in [5, 5.41) is 14.2. The van der Waals surface area contributed by atoms with Crippen molar-refractivity contribution >= 4 is 24.7 Å². The maximum absolute atomic E-state index is 10.9. The molecule has 0 amide bonds. The normalized spacial score (nSPS) is 16.7. The van der Waals surface area contributed by atoms with Gasteiger partial charge in [0, 0.05) is 25.3 Å². The van der Waals surface area contributed by atoms with Gasteiger partial charge < -0.3 is 10.1 Å². The van der Waals surface area contributed by atoms with E-state index >= 15 is 0 Å². The van der Waals surface area contributed by atoms with Gasteiger partial charge in [0.2, 0.25) is 0 Å². The third-order valence-electron chi connectivity index (χ3n) is 2.93. The van der Waals surface area contributed by atoms with Gasteiger partial charge in [0.15, 0.2) is 0 Å². The van der Waals surface area contributed by atoms with Crippen LogP contribution in [0.25, 0.3) is 0 Å². The summed E-state index contributed by atoms with van der Waals surface area (Å²) in [4.78, 5) is 10.6. The molecular formula is C11H15BN2O3. The van der Waals surface area contributed by atoms with E-state index < -0.39 is 0 Å². The van der Waals surface area contributed by atoms with Crippen molar-refractivity contribution in [2.24, 2.45) is 0 Å². The second-order valence-corrected chi connectivity index (χ2v) is 4.31. The van der Waals surface area contributed by atoms with Crippen molar-refractivity contribution < 1.29 is 9.66 Å². The first-order valence-electron chi connectivity index (χ1n) is 5.76. The highest BCUT2D eigenvalue weighted by Crippen LogP contribution is 2.24. The number of nitro benzene ring substituents is 1. The van der Waals surface area contributed by atoms with Crippen molar-refractivity contribution in [2.45, 2.75) is 18.9 Å². The zero-order valence-electron chi connectivity index (χ0n) is 9.81. The molecule has 0 atom stereocenters. The second-order valence-electron chi connectivity index (χ2n) is 4.31. The van der Waals surface area contributed by atoms with Gasteiger partial charge >= 0.3 is 0 Å². The smallest absolute Gasteiger partial charge is 0.292 e. The first-order valence-corrected chi connectivity index (χ1v) is 5.76. The summed E-state index contributed by atoms with van der Waals surface area (Å²) in [6, 6.07) is 5.40. The van der Waals surface area contributed by atoms with E-state index in [2.05, 4.69) is 5.32 Å². The molecule has 1 aromatic rings. The van der Waals surface area contributed by atoms with Gasteiger partial charge in [0.25, 0.3) is 5.69 Å². The molecule has 1 saturated heterocycles. The first-order chi connectivity index (χ1) is 8.16. The largest absolute Gasteiger partial charge is 0.381 e. The SMILES string of the molecule is Bc1ccc([N+](=O)[O-])c(NC2CCOCC2)c1. The monoisotopic (exact) mass is 234 g/mol. The van der Waals surface area contributed by atoms with E-state index in [1.165, 1.54) is 0 Å². The summed E-state index contributed by atoms with van der Waals surface area (Å²) in [5.74, 6) is 0. The number of benzene rings is 1. The molecule has 90 valence electrons. The molecule has 0 aromatic heterocycles. The molecule has 0 spiro atoms. The fourth-order valence-electron chi connectivity index (χ4n) is 1.99. The molecule has 0 bridgehead atoms. The molecule has 1 aliphatic heterocycles. The Balaban J connectivity index is 2.17. The summed E-state index contributed by atoms with van der Waals surface area (Å²) in [6.45, 7) is 1.44. The van der Waals surface area contributed by atoms with E-state index in [0.29, 0.717) is 5.69 Å². The van der Waals surface area contributed by atoms with Crippen molar-refractivity contribution in [1.82, 2.24) is 0 Å². The van der Waals surface area contributed by atoms with Gasteiger partial charge in [0.05, 0.1) is 4.92 Å². The lowest BCUT2D eigenvalue weighted by Crippen LogP contribution is -2.28. The van der Waals surface area contributed by atoms with Gasteiger partial charge in [-0.1, -0.05) is 11.5 Å². The van der Waals surface area contributed by atoms with Crippen LogP contribution in [0.4, 0.5) is 11.4 Å². The van der Waals surface area contributed by atoms with E-state index in [4.69, 9.17) is 4.74 Å². The number of hydrogen-bond donors (Lipinski definition) is 1. The van der Waals surface area contributed by atoms with Crippen molar-refractivity contribution in [3.8, 4) is 0 Å². The number of nitrogens with zero attached hydrogens (tertiary/aromatic N) is 1. The zero-order chi connectivity index (χ0) is 12.3. The van der Waals surface area contributed by atoms with Crippen LogP contribution in [-0.4, -0.2) is 32.0 Å². The van der Waals surface area contributed by atoms with Gasteiger partial charge in [-0.3, -0.25) is 10.1 Å². The Hall–Kier alpha value is -1.56. The molecule has 2 rings (SSSR count). The van der Waals surface area contributed by atoms with Gasteiger partial charge in [-0.25, -0.2) is 0 Å². The topological polar surface area (TPSA) is 64.4 Å². The summed E-state index contributed by atoms with van der Waals surface area (Å²) >= 11 is 0. The van der Waals surface area contributed by atoms with E-state index in [1.54, 1.807) is 12.1 Å². The Labute approximate surface area is 101 Å². The number of rotatable bonds is 3. The molecule has 0 radical (unpaired) electrons. The molecule has 1 aliphatic rings. The average molecular weight is 234 g/mol. The highest BCUT2D eigenvalue weighted by Gasteiger charge is 2.19. The number of anilines is 1. The van der Waals surface area contributed by atoms with Crippen LogP contribution in [0.2, 0.25) is 0 Å². The molecular weight excluding hydrogens is 219 g/mol. The van der Waals surface area contributed by atoms with E-state index in [-0.39, 0.29) is 16.7 Å². The minimum Gasteiger partial charge on any atom is -0.381 e. The van der Waals surface area contributed by atoms with Crippen LogP contribution < -0.4 is 10.8 Å². The van der Waals surface area contributed by atoms with Crippen molar-refractivity contribution in [1.29, 1.82) is 0 Å². The van der Waals surface area contributed by atoms with Crippen LogP contribution in [-0.2, 0) is 4.74 Å².